The molecule has 3 aromatic heterocycles. The van der Waals surface area contributed by atoms with Gasteiger partial charge in [-0.1, -0.05) is 44.8 Å². The number of esters is 1. The number of thiazole rings is 1. The monoisotopic (exact) mass is 873 g/mol. The van der Waals surface area contributed by atoms with E-state index in [4.69, 9.17) is 28.9 Å². The van der Waals surface area contributed by atoms with Crippen molar-refractivity contribution in [2.24, 2.45) is 23.2 Å². The number of cyclic esters (lactones) is 1. The molecule has 3 saturated heterocycles. The van der Waals surface area contributed by atoms with Crippen LogP contribution in [-0.2, 0) is 48.0 Å². The molecule has 14 nitrogen and oxygen atoms in total. The zero-order chi connectivity index (χ0) is 43.7. The fourth-order valence-electron chi connectivity index (χ4n) is 9.96. The Bertz CT molecular complexity index is 2580. The third-order valence-corrected chi connectivity index (χ3v) is 14.7. The number of carbonyl (C=O) groups is 3. The van der Waals surface area contributed by atoms with Crippen molar-refractivity contribution in [2.75, 3.05) is 53.2 Å². The van der Waals surface area contributed by atoms with Crippen LogP contribution in [0.25, 0.3) is 33.4 Å². The first-order valence-corrected chi connectivity index (χ1v) is 23.1. The third-order valence-electron chi connectivity index (χ3n) is 13.9. The number of rotatable bonds is 6. The molecule has 5 fully saturated rings. The van der Waals surface area contributed by atoms with E-state index in [-0.39, 0.29) is 60.7 Å². The van der Waals surface area contributed by atoms with Crippen LogP contribution >= 0.6 is 11.3 Å². The van der Waals surface area contributed by atoms with Gasteiger partial charge in [0.15, 0.2) is 0 Å². The van der Waals surface area contributed by atoms with Crippen LogP contribution in [0.15, 0.2) is 41.9 Å². The highest BCUT2D eigenvalue weighted by Crippen LogP contribution is 2.47. The number of nitrogens with zero attached hydrogens (tertiary/aromatic N) is 5. The Kier molecular flexibility index (Phi) is 10.9. The molecule has 7 aliphatic rings. The number of benzene rings is 1. The lowest BCUT2D eigenvalue weighted by Gasteiger charge is -2.53. The molecule has 2 N–H and O–H groups in total. The largest absolute Gasteiger partial charge is 0.489 e. The number of hydrogen-bond acceptors (Lipinski definition) is 12. The van der Waals surface area contributed by atoms with Crippen molar-refractivity contribution in [3.63, 3.8) is 0 Å². The van der Waals surface area contributed by atoms with E-state index in [0.717, 1.165) is 74.7 Å². The van der Waals surface area contributed by atoms with Gasteiger partial charge in [0, 0.05) is 71.7 Å². The van der Waals surface area contributed by atoms with E-state index < -0.39 is 17.5 Å². The average molecular weight is 874 g/mol. The first kappa shape index (κ1) is 41.9. The second-order valence-electron chi connectivity index (χ2n) is 18.8. The van der Waals surface area contributed by atoms with E-state index in [9.17, 15) is 14.4 Å². The minimum Gasteiger partial charge on any atom is -0.489 e. The number of nitrogens with one attached hydrogen (secondary N) is 2. The summed E-state index contributed by atoms with van der Waals surface area (Å²) in [5, 5.41) is 8.36. The summed E-state index contributed by atoms with van der Waals surface area (Å²) in [6, 6.07) is 4.71. The van der Waals surface area contributed by atoms with E-state index >= 15 is 0 Å². The molecule has 2 saturated carbocycles. The SMILES string of the molecule is C=C1[C@@H](C(=O)N[C@H]2Cc3nc(cs3)-c3cc4c5c(c3)c(c(-c3cc(C#CCN6CCOCC6)cnc3[C@H](C)OC)n5CCO4)CC(C)(C)COC(=O)[C@H]3NN(C2=O)C2CC3C2)[C@@H]1C. The molecular weight excluding hydrogens is 819 g/mol. The number of hydrazine groups is 1. The van der Waals surface area contributed by atoms with Crippen molar-refractivity contribution in [1.82, 2.24) is 35.2 Å². The summed E-state index contributed by atoms with van der Waals surface area (Å²) in [7, 11) is 1.70. The van der Waals surface area contributed by atoms with Crippen molar-refractivity contribution in [2.45, 2.75) is 84.2 Å². The minimum atomic E-state index is -0.900. The maximum atomic E-state index is 14.5. The fraction of sp³-hybridized carbons (Fsp3) is 0.521. The summed E-state index contributed by atoms with van der Waals surface area (Å²) < 4.78 is 26.5. The van der Waals surface area contributed by atoms with Crippen LogP contribution in [0.5, 0.6) is 5.75 Å². The molecule has 1 aromatic carbocycles. The molecule has 330 valence electrons. The van der Waals surface area contributed by atoms with Gasteiger partial charge in [-0.05, 0) is 61.8 Å². The van der Waals surface area contributed by atoms with Crippen LogP contribution in [0.2, 0.25) is 0 Å². The summed E-state index contributed by atoms with van der Waals surface area (Å²) in [5.41, 5.74) is 10.8. The van der Waals surface area contributed by atoms with Gasteiger partial charge in [-0.3, -0.25) is 29.3 Å². The molecular formula is C48H55N7O7S. The Morgan fingerprint density at radius 3 is 2.70 bits per heavy atom. The normalized spacial score (nSPS) is 27.0. The smallest absolute Gasteiger partial charge is 0.325 e. The Balaban J connectivity index is 1.10. The van der Waals surface area contributed by atoms with Gasteiger partial charge in [-0.25, -0.2) is 10.4 Å². The molecule has 5 atom stereocenters. The van der Waals surface area contributed by atoms with Gasteiger partial charge in [0.25, 0.3) is 5.91 Å². The summed E-state index contributed by atoms with van der Waals surface area (Å²) in [6.45, 7) is 17.3. The molecule has 2 aliphatic carbocycles. The Morgan fingerprint density at radius 1 is 1.14 bits per heavy atom. The van der Waals surface area contributed by atoms with Gasteiger partial charge < -0.3 is 28.8 Å². The van der Waals surface area contributed by atoms with Gasteiger partial charge in [0.05, 0.1) is 72.5 Å². The number of morpholine rings is 1. The number of fused-ring (bicyclic) bond motifs is 4. The first-order chi connectivity index (χ1) is 30.4. The topological polar surface area (TPSA) is 149 Å². The highest BCUT2D eigenvalue weighted by molar-refractivity contribution is 7.10. The van der Waals surface area contributed by atoms with E-state index in [1.165, 1.54) is 11.3 Å². The van der Waals surface area contributed by atoms with Crippen LogP contribution in [0, 0.1) is 35.0 Å². The van der Waals surface area contributed by atoms with Crippen LogP contribution in [-0.4, -0.2) is 114 Å². The summed E-state index contributed by atoms with van der Waals surface area (Å²) in [4.78, 5) is 54.5. The lowest BCUT2D eigenvalue weighted by molar-refractivity contribution is -0.171. The molecule has 2 amide bonds. The average Bonchev–Trinajstić information content (AvgIpc) is 3.53. The fourth-order valence-corrected chi connectivity index (χ4v) is 10.8. The Labute approximate surface area is 371 Å². The van der Waals surface area contributed by atoms with Gasteiger partial charge >= 0.3 is 5.97 Å². The summed E-state index contributed by atoms with van der Waals surface area (Å²) >= 11 is 1.46. The van der Waals surface area contributed by atoms with Crippen molar-refractivity contribution < 1.29 is 33.3 Å². The molecule has 8 heterocycles. The standard InChI is InChI=1S/C48H55N7O7S/c1-26-27(2)40(26)45(56)51-36-21-39-50-37(24-63-39)30-19-33-35(22-48(4,5)25-62-47(58)42-31-17-32(18-31)55(52-42)46(36)57)43(54-12-15-61-38(20-30)44(33)54)34-16-29(23-49-41(34)28(3)59-6)8-7-9-53-10-13-60-14-11-53/h16,19-20,23-24,27-28,31-32,36,40,42,52H,1,9-15,17-18,21-22,25H2,2-6H3,(H,51,56)/t27-,28+,31?,32?,36+,40-,42+/m1/s1. The number of methoxy groups -OCH3 is 1. The Hall–Kier alpha value is -5.11. The molecule has 0 spiro atoms. The molecule has 4 aromatic rings. The number of pyridine rings is 1. The summed E-state index contributed by atoms with van der Waals surface area (Å²) in [5.74, 6) is 6.41. The van der Waals surface area contributed by atoms with Crippen LogP contribution in [0.1, 0.15) is 68.5 Å². The number of amides is 2. The highest BCUT2D eigenvalue weighted by Gasteiger charge is 2.52. The lowest BCUT2D eigenvalue weighted by Crippen LogP contribution is -2.71. The maximum Gasteiger partial charge on any atom is 0.325 e. The molecule has 15 heteroatoms. The van der Waals surface area contributed by atoms with Crippen molar-refractivity contribution >= 4 is 40.0 Å². The Morgan fingerprint density at radius 2 is 1.94 bits per heavy atom. The van der Waals surface area contributed by atoms with Crippen LogP contribution in [0.3, 0.4) is 0 Å². The van der Waals surface area contributed by atoms with E-state index in [2.05, 4.69) is 70.7 Å². The second kappa shape index (κ2) is 16.5. The van der Waals surface area contributed by atoms with Gasteiger partial charge in [0.1, 0.15) is 24.4 Å². The molecule has 11 rings (SSSR count). The van der Waals surface area contributed by atoms with Gasteiger partial charge in [-0.15, -0.1) is 11.3 Å². The zero-order valence-corrected chi connectivity index (χ0v) is 37.4. The predicted octanol–water partition coefficient (Wildman–Crippen LogP) is 5.08. The number of aromatic nitrogens is 3. The number of hydrogen-bond donors (Lipinski definition) is 2. The van der Waals surface area contributed by atoms with Crippen molar-refractivity contribution in [1.29, 1.82) is 0 Å². The van der Waals surface area contributed by atoms with Crippen molar-refractivity contribution in [3.05, 3.63) is 63.8 Å². The van der Waals surface area contributed by atoms with Gasteiger partial charge in [-0.2, -0.15) is 0 Å². The van der Waals surface area contributed by atoms with E-state index in [0.29, 0.717) is 57.2 Å². The molecule has 5 aliphatic heterocycles. The number of ether oxygens (including phenoxy) is 4. The third kappa shape index (κ3) is 7.84. The molecule has 63 heavy (non-hydrogen) atoms. The summed E-state index contributed by atoms with van der Waals surface area (Å²) in [6.07, 6.45) is 3.63. The van der Waals surface area contributed by atoms with Gasteiger partial charge in [0.2, 0.25) is 5.91 Å². The maximum absolute atomic E-state index is 14.5. The molecule has 0 unspecified atom stereocenters. The quantitative estimate of drug-likeness (QED) is 0.152. The van der Waals surface area contributed by atoms with E-state index in [1.54, 1.807) is 12.1 Å². The van der Waals surface area contributed by atoms with E-state index in [1.807, 2.05) is 25.4 Å². The zero-order valence-electron chi connectivity index (χ0n) is 36.6. The minimum absolute atomic E-state index is 0.0476. The molecule has 0 radical (unpaired) electrons. The lowest BCUT2D eigenvalue weighted by atomic mass is 9.73. The second-order valence-corrected chi connectivity index (χ2v) is 19.7. The van der Waals surface area contributed by atoms with Crippen LogP contribution in [0.4, 0.5) is 0 Å². The predicted molar refractivity (Wildman–Crippen MR) is 237 cm³/mol. The molecule has 8 bridgehead atoms. The highest BCUT2D eigenvalue weighted by atomic mass is 32.1. The van der Waals surface area contributed by atoms with Crippen LogP contribution < -0.4 is 15.5 Å². The van der Waals surface area contributed by atoms with Crippen molar-refractivity contribution in [3.8, 4) is 40.1 Å². The number of carbonyl (C=O) groups excluding carboxylic acids is 3. The first-order valence-electron chi connectivity index (χ1n) is 22.2.